The Morgan fingerprint density at radius 1 is 0.947 bits per heavy atom. The molecule has 0 radical (unpaired) electrons. The number of benzene rings is 2. The molecule has 0 spiro atoms. The molecule has 0 saturated carbocycles. The first kappa shape index (κ1) is 25.8. The molecule has 2 atom stereocenters. The molecule has 38 heavy (non-hydrogen) atoms. The van der Waals surface area contributed by atoms with Crippen molar-refractivity contribution >= 4 is 17.5 Å². The van der Waals surface area contributed by atoms with Crippen molar-refractivity contribution in [2.45, 2.75) is 58.8 Å². The number of hydrogen-bond acceptors (Lipinski definition) is 4. The molecule has 2 unspecified atom stereocenters. The number of carbonyl (C=O) groups is 2. The first-order chi connectivity index (χ1) is 18.4. The SMILES string of the molecule is CCCC1(CCC)c2ccccc2-c2ccc(C(=O)/C(=N/OC(C)=O)C3C(C)=CC=C4C=CC=CC43)cc21. The third-order valence-corrected chi connectivity index (χ3v) is 8.17. The fraction of sp³-hybridized carbons (Fsp3) is 0.324. The highest BCUT2D eigenvalue weighted by molar-refractivity contribution is 6.47. The summed E-state index contributed by atoms with van der Waals surface area (Å²) in [5.41, 5.74) is 7.89. The van der Waals surface area contributed by atoms with Gasteiger partial charge in [0.2, 0.25) is 5.78 Å². The van der Waals surface area contributed by atoms with Gasteiger partial charge in [0.25, 0.3) is 0 Å². The van der Waals surface area contributed by atoms with E-state index in [0.29, 0.717) is 5.56 Å². The Morgan fingerprint density at radius 3 is 2.42 bits per heavy atom. The molecule has 0 heterocycles. The number of Topliss-reactive ketones (excluding diaryl/α,β-unsaturated/α-hetero) is 1. The van der Waals surface area contributed by atoms with Crippen molar-refractivity contribution in [3.63, 3.8) is 0 Å². The molecular formula is C34H35NO3. The molecule has 0 aromatic heterocycles. The molecule has 2 aromatic carbocycles. The van der Waals surface area contributed by atoms with Gasteiger partial charge in [0, 0.05) is 29.7 Å². The van der Waals surface area contributed by atoms with Gasteiger partial charge in [-0.2, -0.15) is 0 Å². The lowest BCUT2D eigenvalue weighted by atomic mass is 9.70. The maximum absolute atomic E-state index is 14.3. The van der Waals surface area contributed by atoms with Crippen molar-refractivity contribution in [2.24, 2.45) is 17.0 Å². The van der Waals surface area contributed by atoms with E-state index in [2.05, 4.69) is 73.6 Å². The smallest absolute Gasteiger partial charge is 0.318 e. The van der Waals surface area contributed by atoms with E-state index < -0.39 is 5.97 Å². The van der Waals surface area contributed by atoms with Gasteiger partial charge in [-0.05, 0) is 53.7 Å². The minimum atomic E-state index is -0.545. The summed E-state index contributed by atoms with van der Waals surface area (Å²) in [7, 11) is 0. The van der Waals surface area contributed by atoms with Crippen LogP contribution in [0, 0.1) is 11.8 Å². The van der Waals surface area contributed by atoms with Crippen LogP contribution in [0.4, 0.5) is 0 Å². The Labute approximate surface area is 225 Å². The molecule has 4 heteroatoms. The number of oxime groups is 1. The molecule has 2 aromatic rings. The van der Waals surface area contributed by atoms with Crippen molar-refractivity contribution in [3.8, 4) is 11.1 Å². The summed E-state index contributed by atoms with van der Waals surface area (Å²) >= 11 is 0. The van der Waals surface area contributed by atoms with E-state index in [4.69, 9.17) is 4.84 Å². The van der Waals surface area contributed by atoms with Crippen molar-refractivity contribution in [3.05, 3.63) is 107 Å². The Bertz CT molecular complexity index is 1430. The topological polar surface area (TPSA) is 55.7 Å². The normalized spacial score (nSPS) is 20.7. The van der Waals surface area contributed by atoms with Crippen LogP contribution in [0.1, 0.15) is 74.9 Å². The van der Waals surface area contributed by atoms with Gasteiger partial charge in [-0.25, -0.2) is 4.79 Å². The van der Waals surface area contributed by atoms with Crippen molar-refractivity contribution < 1.29 is 14.4 Å². The van der Waals surface area contributed by atoms with Gasteiger partial charge in [-0.3, -0.25) is 4.79 Å². The van der Waals surface area contributed by atoms with Crippen molar-refractivity contribution in [1.82, 2.24) is 0 Å². The first-order valence-electron chi connectivity index (χ1n) is 13.7. The highest BCUT2D eigenvalue weighted by Gasteiger charge is 2.42. The zero-order valence-corrected chi connectivity index (χ0v) is 22.7. The first-order valence-corrected chi connectivity index (χ1v) is 13.7. The van der Waals surface area contributed by atoms with Crippen LogP contribution < -0.4 is 0 Å². The van der Waals surface area contributed by atoms with Gasteiger partial charge in [-0.1, -0.05) is 110 Å². The van der Waals surface area contributed by atoms with Crippen LogP contribution in [-0.2, 0) is 15.0 Å². The zero-order valence-electron chi connectivity index (χ0n) is 22.7. The molecule has 0 bridgehead atoms. The van der Waals surface area contributed by atoms with Crippen molar-refractivity contribution in [2.75, 3.05) is 0 Å². The molecule has 0 amide bonds. The molecular weight excluding hydrogens is 470 g/mol. The fourth-order valence-corrected chi connectivity index (χ4v) is 6.66. The van der Waals surface area contributed by atoms with Gasteiger partial charge in [-0.15, -0.1) is 0 Å². The summed E-state index contributed by atoms with van der Waals surface area (Å²) in [5.74, 6) is -1.10. The second-order valence-corrected chi connectivity index (χ2v) is 10.6. The van der Waals surface area contributed by atoms with Gasteiger partial charge >= 0.3 is 5.97 Å². The molecule has 5 rings (SSSR count). The Morgan fingerprint density at radius 2 is 1.68 bits per heavy atom. The van der Waals surface area contributed by atoms with Gasteiger partial charge in [0.15, 0.2) is 0 Å². The van der Waals surface area contributed by atoms with Crippen LogP contribution in [0.3, 0.4) is 0 Å². The second-order valence-electron chi connectivity index (χ2n) is 10.6. The lowest BCUT2D eigenvalue weighted by molar-refractivity contribution is -0.140. The van der Waals surface area contributed by atoms with E-state index in [0.717, 1.165) is 36.8 Å². The number of nitrogens with zero attached hydrogens (tertiary/aromatic N) is 1. The summed E-state index contributed by atoms with van der Waals surface area (Å²) in [6.07, 6.45) is 16.4. The standard InChI is InChI=1S/C34H35NO3/c1-5-19-34(20-6-2)29-14-10-9-13-27(29)28-18-17-25(21-30(28)34)33(37)32(35-38-23(4)36)31-22(3)15-16-24-11-7-8-12-26(24)31/h7-18,21,26,31H,5-6,19-20H2,1-4H3/b35-32+. The van der Waals surface area contributed by atoms with Crippen LogP contribution in [0.5, 0.6) is 0 Å². The second kappa shape index (κ2) is 10.5. The Kier molecular flexibility index (Phi) is 7.16. The highest BCUT2D eigenvalue weighted by Crippen LogP contribution is 2.54. The highest BCUT2D eigenvalue weighted by atomic mass is 16.7. The largest absolute Gasteiger partial charge is 0.331 e. The number of rotatable bonds is 8. The number of ketones is 1. The van der Waals surface area contributed by atoms with Crippen LogP contribution in [-0.4, -0.2) is 17.5 Å². The number of allylic oxidation sites excluding steroid dienone is 8. The predicted octanol–water partition coefficient (Wildman–Crippen LogP) is 7.90. The minimum Gasteiger partial charge on any atom is -0.318 e. The quantitative estimate of drug-likeness (QED) is 0.159. The third-order valence-electron chi connectivity index (χ3n) is 8.17. The average Bonchev–Trinajstić information content (AvgIpc) is 3.19. The van der Waals surface area contributed by atoms with Gasteiger partial charge < -0.3 is 4.84 Å². The summed E-state index contributed by atoms with van der Waals surface area (Å²) in [6.45, 7) is 7.77. The van der Waals surface area contributed by atoms with E-state index in [1.165, 1.54) is 29.2 Å². The van der Waals surface area contributed by atoms with E-state index >= 15 is 0 Å². The zero-order chi connectivity index (χ0) is 26.9. The summed E-state index contributed by atoms with van der Waals surface area (Å²) in [6, 6.07) is 14.7. The molecule has 194 valence electrons. The summed E-state index contributed by atoms with van der Waals surface area (Å²) in [4.78, 5) is 31.2. The van der Waals surface area contributed by atoms with Gasteiger partial charge in [0.05, 0.1) is 0 Å². The predicted molar refractivity (Wildman–Crippen MR) is 153 cm³/mol. The molecule has 3 aliphatic carbocycles. The lowest BCUT2D eigenvalue weighted by Crippen LogP contribution is -2.33. The number of hydrogen-bond donors (Lipinski definition) is 0. The monoisotopic (exact) mass is 505 g/mol. The molecule has 0 fully saturated rings. The van der Waals surface area contributed by atoms with Crippen LogP contribution in [0.2, 0.25) is 0 Å². The van der Waals surface area contributed by atoms with E-state index in [-0.39, 0.29) is 28.7 Å². The Balaban J connectivity index is 1.62. The van der Waals surface area contributed by atoms with Crippen molar-refractivity contribution in [1.29, 1.82) is 0 Å². The molecule has 3 aliphatic rings. The van der Waals surface area contributed by atoms with E-state index in [1.807, 2.05) is 31.2 Å². The fourth-order valence-electron chi connectivity index (χ4n) is 6.66. The maximum atomic E-state index is 14.3. The molecule has 0 aliphatic heterocycles. The van der Waals surface area contributed by atoms with Crippen LogP contribution >= 0.6 is 0 Å². The van der Waals surface area contributed by atoms with Crippen LogP contribution in [0.15, 0.2) is 95.2 Å². The minimum absolute atomic E-state index is 0.0405. The molecule has 0 N–H and O–H groups in total. The maximum Gasteiger partial charge on any atom is 0.331 e. The molecule has 4 nitrogen and oxygen atoms in total. The molecule has 0 saturated heterocycles. The van der Waals surface area contributed by atoms with Crippen LogP contribution in [0.25, 0.3) is 11.1 Å². The van der Waals surface area contributed by atoms with E-state index in [9.17, 15) is 9.59 Å². The summed E-state index contributed by atoms with van der Waals surface area (Å²) in [5, 5.41) is 4.20. The Hall–Kier alpha value is -3.79. The van der Waals surface area contributed by atoms with E-state index in [1.54, 1.807) is 0 Å². The lowest BCUT2D eigenvalue weighted by Gasteiger charge is -2.32. The number of fused-ring (bicyclic) bond motifs is 4. The average molecular weight is 506 g/mol. The number of carbonyl (C=O) groups excluding carboxylic acids is 2. The third kappa shape index (κ3) is 4.32. The van der Waals surface area contributed by atoms with Gasteiger partial charge in [0.1, 0.15) is 5.71 Å². The summed E-state index contributed by atoms with van der Waals surface area (Å²) < 4.78 is 0.